The summed E-state index contributed by atoms with van der Waals surface area (Å²) in [7, 11) is -1.74. The van der Waals surface area contributed by atoms with Crippen LogP contribution < -0.4 is 9.88 Å². The molecule has 2 N–H and O–H groups in total. The van der Waals surface area contributed by atoms with Gasteiger partial charge in [-0.25, -0.2) is 9.35 Å². The van der Waals surface area contributed by atoms with Gasteiger partial charge in [0.1, 0.15) is 16.7 Å². The number of rotatable bonds is 8. The molecule has 0 aliphatic heterocycles. The lowest BCUT2D eigenvalue weighted by Gasteiger charge is -2.08. The van der Waals surface area contributed by atoms with E-state index >= 15 is 0 Å². The second kappa shape index (κ2) is 8.97. The van der Waals surface area contributed by atoms with Crippen molar-refractivity contribution < 1.29 is 13.7 Å². The van der Waals surface area contributed by atoms with Gasteiger partial charge in [0.2, 0.25) is 0 Å². The number of hydrogen-bond acceptors (Lipinski definition) is 3. The van der Waals surface area contributed by atoms with Crippen molar-refractivity contribution in [3.8, 4) is 5.75 Å². The normalized spacial score (nSPS) is 12.0. The fraction of sp³-hybridized carbons (Fsp3) is 0.278. The number of halogens is 1. The quantitative estimate of drug-likeness (QED) is 0.565. The summed E-state index contributed by atoms with van der Waals surface area (Å²) >= 11 is 5.93. The SMILES string of the molecule is CCCCCOc1ccc(C(=O)c2ccc(Cl)c(S(N)=O)c2)cc1. The Labute approximate surface area is 149 Å². The zero-order chi connectivity index (χ0) is 17.5. The molecule has 1 unspecified atom stereocenters. The number of carbonyl (C=O) groups is 1. The molecular formula is C18H20ClNO3S. The summed E-state index contributed by atoms with van der Waals surface area (Å²) in [5.41, 5.74) is 0.914. The smallest absolute Gasteiger partial charge is 0.193 e. The van der Waals surface area contributed by atoms with Gasteiger partial charge in [-0.05, 0) is 48.9 Å². The fourth-order valence-electron chi connectivity index (χ4n) is 2.21. The van der Waals surface area contributed by atoms with Crippen molar-refractivity contribution in [2.24, 2.45) is 5.14 Å². The third-order valence-corrected chi connectivity index (χ3v) is 4.76. The highest BCUT2D eigenvalue weighted by atomic mass is 35.5. The highest BCUT2D eigenvalue weighted by molar-refractivity contribution is 7.82. The minimum Gasteiger partial charge on any atom is -0.494 e. The summed E-state index contributed by atoms with van der Waals surface area (Å²) in [6, 6.07) is 11.6. The van der Waals surface area contributed by atoms with Gasteiger partial charge in [0.25, 0.3) is 0 Å². The lowest BCUT2D eigenvalue weighted by atomic mass is 10.0. The van der Waals surface area contributed by atoms with Gasteiger partial charge in [-0.1, -0.05) is 31.4 Å². The zero-order valence-electron chi connectivity index (χ0n) is 13.5. The Kier molecular flexibility index (Phi) is 6.97. The molecule has 0 aliphatic rings. The van der Waals surface area contributed by atoms with E-state index in [0.717, 1.165) is 25.0 Å². The van der Waals surface area contributed by atoms with Crippen LogP contribution in [0.15, 0.2) is 47.4 Å². The van der Waals surface area contributed by atoms with Gasteiger partial charge in [-0.15, -0.1) is 0 Å². The van der Waals surface area contributed by atoms with Gasteiger partial charge in [0, 0.05) is 11.1 Å². The van der Waals surface area contributed by atoms with Gasteiger partial charge < -0.3 is 4.74 Å². The third kappa shape index (κ3) is 4.90. The number of hydrogen-bond donors (Lipinski definition) is 1. The highest BCUT2D eigenvalue weighted by Gasteiger charge is 2.13. The monoisotopic (exact) mass is 365 g/mol. The second-order valence-electron chi connectivity index (χ2n) is 5.35. The number of ketones is 1. The minimum absolute atomic E-state index is 0.184. The average Bonchev–Trinajstić information content (AvgIpc) is 2.59. The third-order valence-electron chi connectivity index (χ3n) is 3.54. The van der Waals surface area contributed by atoms with Crippen molar-refractivity contribution in [3.05, 3.63) is 58.6 Å². The summed E-state index contributed by atoms with van der Waals surface area (Å²) < 4.78 is 17.1. The van der Waals surface area contributed by atoms with Crippen molar-refractivity contribution in [1.29, 1.82) is 0 Å². The molecule has 1 atom stereocenters. The van der Waals surface area contributed by atoms with Gasteiger partial charge in [0.15, 0.2) is 5.78 Å². The number of nitrogens with two attached hydrogens (primary N) is 1. The molecule has 24 heavy (non-hydrogen) atoms. The summed E-state index contributed by atoms with van der Waals surface area (Å²) in [6.07, 6.45) is 3.30. The molecule has 128 valence electrons. The first-order chi connectivity index (χ1) is 11.5. The van der Waals surface area contributed by atoms with Crippen LogP contribution in [0.25, 0.3) is 0 Å². The van der Waals surface area contributed by atoms with Crippen LogP contribution in [-0.4, -0.2) is 16.6 Å². The Balaban J connectivity index is 2.10. The van der Waals surface area contributed by atoms with E-state index in [4.69, 9.17) is 21.5 Å². The molecule has 2 rings (SSSR count). The fourth-order valence-corrected chi connectivity index (χ4v) is 3.06. The van der Waals surface area contributed by atoms with Crippen molar-refractivity contribution >= 4 is 28.4 Å². The molecule has 0 radical (unpaired) electrons. The Hall–Kier alpha value is -1.69. The summed E-state index contributed by atoms with van der Waals surface area (Å²) in [4.78, 5) is 12.8. The van der Waals surface area contributed by atoms with Gasteiger partial charge in [-0.2, -0.15) is 0 Å². The van der Waals surface area contributed by atoms with E-state index in [1.54, 1.807) is 30.3 Å². The number of benzene rings is 2. The molecule has 0 saturated heterocycles. The van der Waals surface area contributed by atoms with E-state index < -0.39 is 11.0 Å². The first-order valence-electron chi connectivity index (χ1n) is 7.76. The number of ether oxygens (including phenoxy) is 1. The van der Waals surface area contributed by atoms with Crippen LogP contribution in [0.5, 0.6) is 5.75 Å². The van der Waals surface area contributed by atoms with Crippen LogP contribution >= 0.6 is 11.6 Å². The maximum atomic E-state index is 12.5. The van der Waals surface area contributed by atoms with Crippen LogP contribution in [0.1, 0.15) is 42.1 Å². The van der Waals surface area contributed by atoms with Gasteiger partial charge in [0.05, 0.1) is 16.5 Å². The Morgan fingerprint density at radius 3 is 2.42 bits per heavy atom. The van der Waals surface area contributed by atoms with Gasteiger partial charge >= 0.3 is 0 Å². The first-order valence-corrected chi connectivity index (χ1v) is 9.35. The molecule has 2 aromatic carbocycles. The summed E-state index contributed by atoms with van der Waals surface area (Å²) in [5.74, 6) is 0.554. The van der Waals surface area contributed by atoms with Crippen molar-refractivity contribution in [2.45, 2.75) is 31.1 Å². The summed E-state index contributed by atoms with van der Waals surface area (Å²) in [6.45, 7) is 2.81. The van der Waals surface area contributed by atoms with E-state index in [1.165, 1.54) is 12.1 Å². The maximum absolute atomic E-state index is 12.5. The molecule has 6 heteroatoms. The van der Waals surface area contributed by atoms with E-state index in [0.29, 0.717) is 17.7 Å². The van der Waals surface area contributed by atoms with E-state index in [1.807, 2.05) is 0 Å². The lowest BCUT2D eigenvalue weighted by molar-refractivity contribution is 0.103. The Morgan fingerprint density at radius 2 is 1.79 bits per heavy atom. The molecule has 0 spiro atoms. The Bertz CT molecular complexity index is 732. The summed E-state index contributed by atoms with van der Waals surface area (Å²) in [5, 5.41) is 5.65. The molecule has 0 saturated carbocycles. The molecule has 0 aliphatic carbocycles. The zero-order valence-corrected chi connectivity index (χ0v) is 15.0. The minimum atomic E-state index is -1.74. The second-order valence-corrected chi connectivity index (χ2v) is 6.79. The molecule has 0 aromatic heterocycles. The van der Waals surface area contributed by atoms with E-state index in [-0.39, 0.29) is 15.7 Å². The molecule has 0 amide bonds. The molecule has 4 nitrogen and oxygen atoms in total. The Morgan fingerprint density at radius 1 is 1.12 bits per heavy atom. The molecule has 0 heterocycles. The van der Waals surface area contributed by atoms with E-state index in [2.05, 4.69) is 6.92 Å². The molecule has 0 bridgehead atoms. The van der Waals surface area contributed by atoms with Crippen LogP contribution in [0, 0.1) is 0 Å². The average molecular weight is 366 g/mol. The maximum Gasteiger partial charge on any atom is 0.193 e. The largest absolute Gasteiger partial charge is 0.494 e. The predicted molar refractivity (Wildman–Crippen MR) is 96.9 cm³/mol. The lowest BCUT2D eigenvalue weighted by Crippen LogP contribution is -2.07. The predicted octanol–water partition coefficient (Wildman–Crippen LogP) is 4.12. The van der Waals surface area contributed by atoms with E-state index in [9.17, 15) is 9.00 Å². The highest BCUT2D eigenvalue weighted by Crippen LogP contribution is 2.22. The standard InChI is InChI=1S/C18H20ClNO3S/c1-2-3-4-11-23-15-8-5-13(6-9-15)18(21)14-7-10-16(19)17(12-14)24(20)22/h5-10,12H,2-4,11,20H2,1H3. The van der Waals surface area contributed by atoms with Crippen LogP contribution in [0.3, 0.4) is 0 Å². The van der Waals surface area contributed by atoms with Gasteiger partial charge in [-0.3, -0.25) is 4.79 Å². The topological polar surface area (TPSA) is 69.4 Å². The molecule has 0 fully saturated rings. The molecular weight excluding hydrogens is 346 g/mol. The van der Waals surface area contributed by atoms with Crippen LogP contribution in [-0.2, 0) is 11.0 Å². The van der Waals surface area contributed by atoms with Crippen LogP contribution in [0.2, 0.25) is 5.02 Å². The number of unbranched alkanes of at least 4 members (excludes halogenated alkanes) is 2. The van der Waals surface area contributed by atoms with Crippen LogP contribution in [0.4, 0.5) is 0 Å². The first kappa shape index (κ1) is 18.6. The molecule has 2 aromatic rings. The van der Waals surface area contributed by atoms with Crippen molar-refractivity contribution in [1.82, 2.24) is 0 Å². The van der Waals surface area contributed by atoms with Crippen molar-refractivity contribution in [2.75, 3.05) is 6.61 Å². The number of carbonyl (C=O) groups excluding carboxylic acids is 1. The van der Waals surface area contributed by atoms with Crippen molar-refractivity contribution in [3.63, 3.8) is 0 Å².